The van der Waals surface area contributed by atoms with Gasteiger partial charge in [0.05, 0.1) is 5.71 Å². The lowest BCUT2D eigenvalue weighted by molar-refractivity contribution is 0.635. The minimum atomic E-state index is -0.164. The molecule has 0 aromatic heterocycles. The van der Waals surface area contributed by atoms with Crippen molar-refractivity contribution in [2.75, 3.05) is 0 Å². The van der Waals surface area contributed by atoms with E-state index in [0.29, 0.717) is 0 Å². The van der Waals surface area contributed by atoms with E-state index in [4.69, 9.17) is 4.99 Å². The molecule has 1 aliphatic heterocycles. The van der Waals surface area contributed by atoms with Crippen LogP contribution in [0.15, 0.2) is 151 Å². The molecule has 0 radical (unpaired) electrons. The van der Waals surface area contributed by atoms with Crippen molar-refractivity contribution in [3.05, 3.63) is 173 Å². The Balaban J connectivity index is 1.28. The van der Waals surface area contributed by atoms with Crippen LogP contribution >= 0.6 is 0 Å². The van der Waals surface area contributed by atoms with Gasteiger partial charge in [-0.25, -0.2) is 0 Å². The Labute approximate surface area is 231 Å². The van der Waals surface area contributed by atoms with Gasteiger partial charge in [-0.2, -0.15) is 0 Å². The summed E-state index contributed by atoms with van der Waals surface area (Å²) in [5, 5.41) is 3.67. The van der Waals surface area contributed by atoms with E-state index < -0.39 is 0 Å². The minimum absolute atomic E-state index is 0.124. The summed E-state index contributed by atoms with van der Waals surface area (Å²) in [4.78, 5) is 5.12. The molecule has 0 saturated carbocycles. The minimum Gasteiger partial charge on any atom is -0.360 e. The van der Waals surface area contributed by atoms with E-state index in [-0.39, 0.29) is 11.6 Å². The van der Waals surface area contributed by atoms with Gasteiger partial charge < -0.3 is 5.32 Å². The van der Waals surface area contributed by atoms with Crippen molar-refractivity contribution >= 4 is 11.4 Å². The summed E-state index contributed by atoms with van der Waals surface area (Å²) in [5.74, 6) is 0. The van der Waals surface area contributed by atoms with Crippen LogP contribution in [0.3, 0.4) is 0 Å². The Morgan fingerprint density at radius 2 is 0.974 bits per heavy atom. The number of hydrogen-bond acceptors (Lipinski definition) is 2. The molecule has 2 nitrogen and oxygen atoms in total. The van der Waals surface area contributed by atoms with Gasteiger partial charge in [-0.05, 0) is 45.0 Å². The number of allylic oxidation sites excluding steroid dienone is 1. The predicted octanol–water partition coefficient (Wildman–Crippen LogP) is 8.81. The van der Waals surface area contributed by atoms with Gasteiger partial charge in [-0.15, -0.1) is 0 Å². The van der Waals surface area contributed by atoms with E-state index >= 15 is 0 Å². The first-order chi connectivity index (χ1) is 19.1. The van der Waals surface area contributed by atoms with Gasteiger partial charge >= 0.3 is 0 Å². The van der Waals surface area contributed by atoms with Crippen molar-refractivity contribution in [3.8, 4) is 11.1 Å². The van der Waals surface area contributed by atoms with Gasteiger partial charge in [0.25, 0.3) is 0 Å². The van der Waals surface area contributed by atoms with Crippen LogP contribution in [-0.4, -0.2) is 5.71 Å². The van der Waals surface area contributed by atoms with E-state index in [1.165, 1.54) is 22.3 Å². The second-order valence-corrected chi connectivity index (χ2v) is 10.5. The zero-order valence-corrected chi connectivity index (χ0v) is 22.4. The lowest BCUT2D eigenvalue weighted by atomic mass is 9.77. The highest BCUT2D eigenvalue weighted by molar-refractivity contribution is 6.13. The number of benzene rings is 5. The molecule has 0 bridgehead atoms. The molecule has 5 aromatic carbocycles. The molecule has 1 heterocycles. The van der Waals surface area contributed by atoms with E-state index in [2.05, 4.69) is 153 Å². The monoisotopic (exact) mass is 504 g/mol. The Kier molecular flexibility index (Phi) is 6.69. The van der Waals surface area contributed by atoms with Crippen molar-refractivity contribution in [1.82, 2.24) is 5.32 Å². The van der Waals surface area contributed by atoms with Gasteiger partial charge in [0.15, 0.2) is 0 Å². The summed E-state index contributed by atoms with van der Waals surface area (Å²) in [6.45, 7) is 4.58. The molecule has 1 atom stereocenters. The van der Waals surface area contributed by atoms with Crippen molar-refractivity contribution in [1.29, 1.82) is 0 Å². The SMILES string of the molecule is CC(C)(c1ccc(-c2ccccc2)cc1)c1ccc(C2N=C(c3ccccc3)C=C(c3ccccc3)N2)cc1. The third-order valence-electron chi connectivity index (χ3n) is 7.66. The second kappa shape index (κ2) is 10.6. The van der Waals surface area contributed by atoms with Crippen LogP contribution in [0.1, 0.15) is 47.8 Å². The van der Waals surface area contributed by atoms with E-state index in [1.807, 2.05) is 12.1 Å². The van der Waals surface area contributed by atoms with Crippen LogP contribution in [0.25, 0.3) is 16.8 Å². The Morgan fingerprint density at radius 1 is 0.513 bits per heavy atom. The fourth-order valence-electron chi connectivity index (χ4n) is 5.20. The standard InChI is InChI=1S/C37H32N2/c1-37(2,32-22-18-28(19-23-32)27-12-6-3-7-13-27)33-24-20-31(21-25-33)36-38-34(29-14-8-4-9-15-29)26-35(39-36)30-16-10-5-11-17-30/h3-26,36,38H,1-2H3. The molecule has 1 aliphatic rings. The average Bonchev–Trinajstić information content (AvgIpc) is 3.02. The predicted molar refractivity (Wildman–Crippen MR) is 164 cm³/mol. The third kappa shape index (κ3) is 5.19. The zero-order valence-electron chi connectivity index (χ0n) is 22.4. The molecule has 1 unspecified atom stereocenters. The number of nitrogens with zero attached hydrogens (tertiary/aromatic N) is 1. The molecule has 0 aliphatic carbocycles. The first kappa shape index (κ1) is 24.6. The molecule has 1 N–H and O–H groups in total. The van der Waals surface area contributed by atoms with Crippen molar-refractivity contribution in [3.63, 3.8) is 0 Å². The van der Waals surface area contributed by atoms with Crippen LogP contribution in [0.4, 0.5) is 0 Å². The van der Waals surface area contributed by atoms with Gasteiger partial charge in [-0.3, -0.25) is 4.99 Å². The lowest BCUT2D eigenvalue weighted by Gasteiger charge is -2.28. The fraction of sp³-hybridized carbons (Fsp3) is 0.108. The van der Waals surface area contributed by atoms with Crippen LogP contribution in [0.2, 0.25) is 0 Å². The summed E-state index contributed by atoms with van der Waals surface area (Å²) >= 11 is 0. The van der Waals surface area contributed by atoms with Crippen LogP contribution in [0.5, 0.6) is 0 Å². The number of hydrogen-bond donors (Lipinski definition) is 1. The van der Waals surface area contributed by atoms with Gasteiger partial charge in [0.2, 0.25) is 0 Å². The highest BCUT2D eigenvalue weighted by atomic mass is 15.1. The van der Waals surface area contributed by atoms with Crippen LogP contribution < -0.4 is 5.32 Å². The Hall–Kier alpha value is -4.69. The molecule has 2 heteroatoms. The zero-order chi connectivity index (χ0) is 26.7. The summed E-state index contributed by atoms with van der Waals surface area (Å²) in [5.41, 5.74) is 10.4. The molecular formula is C37H32N2. The summed E-state index contributed by atoms with van der Waals surface area (Å²) in [7, 11) is 0. The number of rotatable bonds is 6. The largest absolute Gasteiger partial charge is 0.360 e. The quantitative estimate of drug-likeness (QED) is 0.245. The van der Waals surface area contributed by atoms with Crippen molar-refractivity contribution in [2.24, 2.45) is 4.99 Å². The number of nitrogens with one attached hydrogen (secondary N) is 1. The van der Waals surface area contributed by atoms with Gasteiger partial charge in [-0.1, -0.05) is 153 Å². The maximum atomic E-state index is 5.12. The lowest BCUT2D eigenvalue weighted by Crippen LogP contribution is -2.25. The van der Waals surface area contributed by atoms with Crippen molar-refractivity contribution < 1.29 is 0 Å². The third-order valence-corrected chi connectivity index (χ3v) is 7.66. The summed E-state index contributed by atoms with van der Waals surface area (Å²) in [6.07, 6.45) is 1.99. The van der Waals surface area contributed by atoms with Crippen molar-refractivity contribution in [2.45, 2.75) is 25.4 Å². The van der Waals surface area contributed by atoms with Gasteiger partial charge in [0.1, 0.15) is 6.17 Å². The first-order valence-corrected chi connectivity index (χ1v) is 13.5. The highest BCUT2D eigenvalue weighted by Crippen LogP contribution is 2.34. The molecule has 0 fully saturated rings. The molecule has 6 rings (SSSR count). The average molecular weight is 505 g/mol. The second-order valence-electron chi connectivity index (χ2n) is 10.5. The fourth-order valence-corrected chi connectivity index (χ4v) is 5.20. The Bertz CT molecular complexity index is 1600. The molecule has 39 heavy (non-hydrogen) atoms. The maximum absolute atomic E-state index is 5.12. The Morgan fingerprint density at radius 3 is 1.54 bits per heavy atom. The van der Waals surface area contributed by atoms with Crippen LogP contribution in [0, 0.1) is 0 Å². The molecule has 0 amide bonds. The molecule has 5 aromatic rings. The van der Waals surface area contributed by atoms with E-state index in [9.17, 15) is 0 Å². The van der Waals surface area contributed by atoms with E-state index in [1.54, 1.807) is 0 Å². The normalized spacial score (nSPS) is 15.2. The maximum Gasteiger partial charge on any atom is 0.145 e. The molecule has 0 spiro atoms. The molecule has 190 valence electrons. The molecule has 0 saturated heterocycles. The molecular weight excluding hydrogens is 472 g/mol. The highest BCUT2D eigenvalue weighted by Gasteiger charge is 2.25. The van der Waals surface area contributed by atoms with Gasteiger partial charge in [0, 0.05) is 11.1 Å². The topological polar surface area (TPSA) is 24.4 Å². The smallest absolute Gasteiger partial charge is 0.145 e. The number of aliphatic imine (C=N–C) groups is 1. The van der Waals surface area contributed by atoms with E-state index in [0.717, 1.165) is 28.1 Å². The summed E-state index contributed by atoms with van der Waals surface area (Å²) in [6, 6.07) is 49.3. The first-order valence-electron chi connectivity index (χ1n) is 13.5. The van der Waals surface area contributed by atoms with Crippen LogP contribution in [-0.2, 0) is 5.41 Å². The summed E-state index contributed by atoms with van der Waals surface area (Å²) < 4.78 is 0.